The molecule has 0 saturated carbocycles. The third-order valence-corrected chi connectivity index (χ3v) is 6.81. The maximum atomic E-state index is 13.7. The van der Waals surface area contributed by atoms with Crippen molar-refractivity contribution in [1.29, 1.82) is 0 Å². The SMILES string of the molecule is Cc1ccc(S(=O)(=O)N(C)c2ccc(C(=O)OC(C)C(=O)Nc3c(F)cccc3F)cc2)cc1. The highest BCUT2D eigenvalue weighted by Gasteiger charge is 2.23. The van der Waals surface area contributed by atoms with Crippen LogP contribution in [0.2, 0.25) is 0 Å². The van der Waals surface area contributed by atoms with Gasteiger partial charge in [0.2, 0.25) is 0 Å². The minimum atomic E-state index is -3.81. The number of hydrogen-bond donors (Lipinski definition) is 1. The Bertz CT molecular complexity index is 1290. The number of benzene rings is 3. The standard InChI is InChI=1S/C24H22F2N2O5S/c1-15-7-13-19(14-8-15)34(31,32)28(3)18-11-9-17(10-12-18)24(30)33-16(2)23(29)27-22-20(25)5-4-6-21(22)26/h4-14,16H,1-3H3,(H,27,29). The molecular weight excluding hydrogens is 466 g/mol. The molecule has 0 heterocycles. The number of nitrogens with zero attached hydrogens (tertiary/aromatic N) is 1. The Balaban J connectivity index is 1.67. The third-order valence-electron chi connectivity index (χ3n) is 5.01. The molecule has 34 heavy (non-hydrogen) atoms. The van der Waals surface area contributed by atoms with Crippen LogP contribution in [0.1, 0.15) is 22.8 Å². The van der Waals surface area contributed by atoms with E-state index in [0.29, 0.717) is 5.69 Å². The molecule has 3 aromatic rings. The minimum absolute atomic E-state index is 0.0570. The van der Waals surface area contributed by atoms with Crippen LogP contribution in [0.4, 0.5) is 20.2 Å². The molecule has 1 unspecified atom stereocenters. The first-order valence-electron chi connectivity index (χ1n) is 10.1. The Labute approximate surface area is 196 Å². The lowest BCUT2D eigenvalue weighted by Gasteiger charge is -2.20. The Morgan fingerprint density at radius 1 is 0.941 bits per heavy atom. The second-order valence-electron chi connectivity index (χ2n) is 7.47. The Morgan fingerprint density at radius 2 is 1.50 bits per heavy atom. The number of anilines is 2. The summed E-state index contributed by atoms with van der Waals surface area (Å²) in [5.74, 6) is -3.72. The van der Waals surface area contributed by atoms with Gasteiger partial charge in [-0.1, -0.05) is 23.8 Å². The third kappa shape index (κ3) is 5.40. The molecule has 3 rings (SSSR count). The van der Waals surface area contributed by atoms with Crippen LogP contribution in [-0.4, -0.2) is 33.4 Å². The number of amides is 1. The van der Waals surface area contributed by atoms with E-state index in [2.05, 4.69) is 5.32 Å². The number of carbonyl (C=O) groups excluding carboxylic acids is 2. The van der Waals surface area contributed by atoms with Gasteiger partial charge in [0.05, 0.1) is 16.1 Å². The summed E-state index contributed by atoms with van der Waals surface area (Å²) in [6.45, 7) is 3.10. The van der Waals surface area contributed by atoms with Crippen LogP contribution in [0, 0.1) is 18.6 Å². The first kappa shape index (κ1) is 24.8. The highest BCUT2D eigenvalue weighted by Crippen LogP contribution is 2.23. The summed E-state index contributed by atoms with van der Waals surface area (Å²) < 4.78 is 59.2. The molecule has 10 heteroatoms. The number of hydrogen-bond acceptors (Lipinski definition) is 5. The van der Waals surface area contributed by atoms with Gasteiger partial charge < -0.3 is 10.1 Å². The lowest BCUT2D eigenvalue weighted by atomic mass is 10.2. The Morgan fingerprint density at radius 3 is 2.06 bits per heavy atom. The van der Waals surface area contributed by atoms with Crippen LogP contribution in [0.25, 0.3) is 0 Å². The maximum Gasteiger partial charge on any atom is 0.338 e. The molecule has 0 radical (unpaired) electrons. The predicted molar refractivity (Wildman–Crippen MR) is 123 cm³/mol. The van der Waals surface area contributed by atoms with E-state index >= 15 is 0 Å². The van der Waals surface area contributed by atoms with E-state index in [-0.39, 0.29) is 10.5 Å². The summed E-state index contributed by atoms with van der Waals surface area (Å²) in [7, 11) is -2.42. The second-order valence-corrected chi connectivity index (χ2v) is 9.44. The van der Waals surface area contributed by atoms with Gasteiger partial charge in [-0.2, -0.15) is 0 Å². The highest BCUT2D eigenvalue weighted by molar-refractivity contribution is 7.92. The normalized spacial score (nSPS) is 12.0. The number of para-hydroxylation sites is 1. The van der Waals surface area contributed by atoms with Crippen LogP contribution in [0.5, 0.6) is 0 Å². The van der Waals surface area contributed by atoms with Gasteiger partial charge in [0.15, 0.2) is 6.10 Å². The summed E-state index contributed by atoms with van der Waals surface area (Å²) >= 11 is 0. The van der Waals surface area contributed by atoms with Crippen molar-refractivity contribution in [2.45, 2.75) is 24.8 Å². The van der Waals surface area contributed by atoms with Crippen LogP contribution >= 0.6 is 0 Å². The number of rotatable bonds is 7. The topological polar surface area (TPSA) is 92.8 Å². The van der Waals surface area contributed by atoms with Crippen molar-refractivity contribution in [3.8, 4) is 0 Å². The van der Waals surface area contributed by atoms with Crippen LogP contribution in [0.15, 0.2) is 71.6 Å². The van der Waals surface area contributed by atoms with Gasteiger partial charge in [-0.05, 0) is 62.4 Å². The van der Waals surface area contributed by atoms with E-state index in [1.54, 1.807) is 12.1 Å². The zero-order chi connectivity index (χ0) is 25.0. The van der Waals surface area contributed by atoms with E-state index in [1.807, 2.05) is 6.92 Å². The van der Waals surface area contributed by atoms with Crippen molar-refractivity contribution in [3.05, 3.63) is 89.5 Å². The molecule has 1 amide bonds. The smallest absolute Gasteiger partial charge is 0.338 e. The molecule has 3 aromatic carbocycles. The molecule has 0 bridgehead atoms. The Hall–Kier alpha value is -3.79. The number of ether oxygens (including phenoxy) is 1. The van der Waals surface area contributed by atoms with Gasteiger partial charge in [-0.3, -0.25) is 9.10 Å². The Kier molecular flexibility index (Phi) is 7.31. The molecule has 0 saturated heterocycles. The summed E-state index contributed by atoms with van der Waals surface area (Å²) in [5, 5.41) is 2.06. The molecule has 178 valence electrons. The van der Waals surface area contributed by atoms with Crippen molar-refractivity contribution in [1.82, 2.24) is 0 Å². The van der Waals surface area contributed by atoms with Crippen LogP contribution < -0.4 is 9.62 Å². The average molecular weight is 489 g/mol. The van der Waals surface area contributed by atoms with Gasteiger partial charge in [-0.15, -0.1) is 0 Å². The molecule has 0 spiro atoms. The lowest BCUT2D eigenvalue weighted by molar-refractivity contribution is -0.123. The van der Waals surface area contributed by atoms with Crippen LogP contribution in [0.3, 0.4) is 0 Å². The zero-order valence-corrected chi connectivity index (χ0v) is 19.4. The first-order valence-corrected chi connectivity index (χ1v) is 11.6. The van der Waals surface area contributed by atoms with Gasteiger partial charge in [0.1, 0.15) is 17.3 Å². The fourth-order valence-electron chi connectivity index (χ4n) is 2.94. The van der Waals surface area contributed by atoms with E-state index < -0.39 is 45.3 Å². The average Bonchev–Trinajstić information content (AvgIpc) is 2.81. The monoisotopic (exact) mass is 488 g/mol. The number of esters is 1. The summed E-state index contributed by atoms with van der Waals surface area (Å²) in [5.41, 5.74) is 0.642. The van der Waals surface area contributed by atoms with E-state index in [4.69, 9.17) is 4.74 Å². The molecule has 0 aliphatic rings. The first-order chi connectivity index (χ1) is 16.0. The molecular formula is C24H22F2N2O5S. The number of aryl methyl sites for hydroxylation is 1. The predicted octanol–water partition coefficient (Wildman–Crippen LogP) is 4.28. The molecule has 0 aliphatic carbocycles. The van der Waals surface area contributed by atoms with Crippen molar-refractivity contribution in [2.75, 3.05) is 16.7 Å². The largest absolute Gasteiger partial charge is 0.449 e. The summed E-state index contributed by atoms with van der Waals surface area (Å²) in [4.78, 5) is 24.7. The van der Waals surface area contributed by atoms with Gasteiger partial charge in [-0.25, -0.2) is 22.0 Å². The summed E-state index contributed by atoms with van der Waals surface area (Å²) in [6.07, 6.45) is -1.35. The van der Waals surface area contributed by atoms with Gasteiger partial charge in [0.25, 0.3) is 15.9 Å². The van der Waals surface area contributed by atoms with Crippen molar-refractivity contribution >= 4 is 33.3 Å². The summed E-state index contributed by atoms with van der Waals surface area (Å²) in [6, 6.07) is 15.0. The van der Waals surface area contributed by atoms with Gasteiger partial charge in [0, 0.05) is 7.05 Å². The van der Waals surface area contributed by atoms with E-state index in [1.165, 1.54) is 50.4 Å². The fourth-order valence-corrected chi connectivity index (χ4v) is 4.13. The fraction of sp³-hybridized carbons (Fsp3) is 0.167. The second kappa shape index (κ2) is 10.0. The quantitative estimate of drug-likeness (QED) is 0.501. The number of carbonyl (C=O) groups is 2. The maximum absolute atomic E-state index is 13.7. The molecule has 0 fully saturated rings. The lowest BCUT2D eigenvalue weighted by Crippen LogP contribution is -2.30. The van der Waals surface area contributed by atoms with E-state index in [0.717, 1.165) is 28.1 Å². The van der Waals surface area contributed by atoms with Crippen molar-refractivity contribution in [2.24, 2.45) is 0 Å². The zero-order valence-electron chi connectivity index (χ0n) is 18.6. The molecule has 1 N–H and O–H groups in total. The van der Waals surface area contributed by atoms with Crippen LogP contribution in [-0.2, 0) is 19.6 Å². The molecule has 1 atom stereocenters. The van der Waals surface area contributed by atoms with Crippen molar-refractivity contribution < 1.29 is 31.5 Å². The number of sulfonamides is 1. The number of halogens is 2. The van der Waals surface area contributed by atoms with E-state index in [9.17, 15) is 26.8 Å². The molecule has 0 aliphatic heterocycles. The molecule has 0 aromatic heterocycles. The van der Waals surface area contributed by atoms with Crippen molar-refractivity contribution in [3.63, 3.8) is 0 Å². The van der Waals surface area contributed by atoms with Gasteiger partial charge >= 0.3 is 5.97 Å². The minimum Gasteiger partial charge on any atom is -0.449 e. The highest BCUT2D eigenvalue weighted by atomic mass is 32.2. The molecule has 7 nitrogen and oxygen atoms in total. The number of nitrogens with one attached hydrogen (secondary N) is 1.